The summed E-state index contributed by atoms with van der Waals surface area (Å²) in [5.41, 5.74) is 9.54. The Morgan fingerprint density at radius 1 is 1.31 bits per heavy atom. The highest BCUT2D eigenvalue weighted by Gasteiger charge is 2.16. The number of benzene rings is 2. The van der Waals surface area contributed by atoms with E-state index in [9.17, 15) is 4.79 Å². The molecule has 1 amide bonds. The van der Waals surface area contributed by atoms with Gasteiger partial charge in [0.2, 0.25) is 0 Å². The molecule has 2 aromatic rings. The van der Waals surface area contributed by atoms with Crippen LogP contribution >= 0.6 is 0 Å². The lowest BCUT2D eigenvalue weighted by molar-refractivity contribution is -0.123. The number of hydrogen-bond donors (Lipinski definition) is 5. The van der Waals surface area contributed by atoms with Gasteiger partial charge in [0.05, 0.1) is 5.70 Å². The summed E-state index contributed by atoms with van der Waals surface area (Å²) in [7, 11) is 0. The van der Waals surface area contributed by atoms with Gasteiger partial charge in [-0.05, 0) is 62.7 Å². The van der Waals surface area contributed by atoms with Crippen molar-refractivity contribution in [2.45, 2.75) is 32.7 Å². The number of nitrogens with two attached hydrogens (primary N) is 1. The number of allylic oxidation sites excluding steroid dienone is 2. The number of ether oxygens (including phenoxy) is 1. The molecular formula is C27H34N6O2. The van der Waals surface area contributed by atoms with Gasteiger partial charge in [-0.1, -0.05) is 31.2 Å². The fourth-order valence-corrected chi connectivity index (χ4v) is 3.68. The van der Waals surface area contributed by atoms with E-state index >= 15 is 0 Å². The number of amidine groups is 1. The van der Waals surface area contributed by atoms with Crippen LogP contribution in [0.15, 0.2) is 65.7 Å². The zero-order valence-electron chi connectivity index (χ0n) is 20.3. The second-order valence-electron chi connectivity index (χ2n) is 8.18. The van der Waals surface area contributed by atoms with E-state index in [1.54, 1.807) is 6.07 Å². The monoisotopic (exact) mass is 474 g/mol. The van der Waals surface area contributed by atoms with Gasteiger partial charge in [0.1, 0.15) is 11.6 Å². The quantitative estimate of drug-likeness (QED) is 0.203. The van der Waals surface area contributed by atoms with Crippen LogP contribution in [-0.4, -0.2) is 43.7 Å². The van der Waals surface area contributed by atoms with E-state index in [0.717, 1.165) is 42.9 Å². The zero-order chi connectivity index (χ0) is 25.0. The number of aliphatic imine (C=N–C) groups is 1. The Kier molecular flexibility index (Phi) is 9.62. The first-order chi connectivity index (χ1) is 17.0. The molecule has 0 bridgehead atoms. The van der Waals surface area contributed by atoms with Crippen molar-refractivity contribution in [1.29, 1.82) is 5.41 Å². The molecule has 1 fully saturated rings. The number of nitrogens with zero attached hydrogens (tertiary/aromatic N) is 1. The summed E-state index contributed by atoms with van der Waals surface area (Å²) >= 11 is 0. The average molecular weight is 475 g/mol. The van der Waals surface area contributed by atoms with Gasteiger partial charge >= 0.3 is 0 Å². The van der Waals surface area contributed by atoms with Crippen LogP contribution in [0.4, 0.5) is 11.4 Å². The minimum Gasteiger partial charge on any atom is -0.484 e. The second-order valence-corrected chi connectivity index (χ2v) is 8.18. The molecule has 1 saturated heterocycles. The van der Waals surface area contributed by atoms with Gasteiger partial charge < -0.3 is 31.8 Å². The smallest absolute Gasteiger partial charge is 0.258 e. The maximum atomic E-state index is 12.2. The van der Waals surface area contributed by atoms with Gasteiger partial charge in [0.25, 0.3) is 5.91 Å². The summed E-state index contributed by atoms with van der Waals surface area (Å²) in [5, 5.41) is 17.1. The Hall–Kier alpha value is -3.91. The van der Waals surface area contributed by atoms with Crippen LogP contribution in [0.25, 0.3) is 5.70 Å². The van der Waals surface area contributed by atoms with Gasteiger partial charge in [0.15, 0.2) is 6.61 Å². The summed E-state index contributed by atoms with van der Waals surface area (Å²) in [5.74, 6) is 1.12. The van der Waals surface area contributed by atoms with Crippen LogP contribution in [-0.2, 0) is 4.79 Å². The number of carbonyl (C=O) groups excluding carboxylic acids is 1. The summed E-state index contributed by atoms with van der Waals surface area (Å²) in [6, 6.07) is 13.2. The maximum Gasteiger partial charge on any atom is 0.258 e. The second kappa shape index (κ2) is 13.1. The minimum absolute atomic E-state index is 0.0338. The van der Waals surface area contributed by atoms with Crippen molar-refractivity contribution in [3.63, 3.8) is 0 Å². The number of carbonyl (C=O) groups is 1. The van der Waals surface area contributed by atoms with Gasteiger partial charge in [-0.15, -0.1) is 0 Å². The lowest BCUT2D eigenvalue weighted by Gasteiger charge is -2.13. The molecule has 2 aromatic carbocycles. The first kappa shape index (κ1) is 25.7. The third kappa shape index (κ3) is 7.82. The van der Waals surface area contributed by atoms with Crippen molar-refractivity contribution in [1.82, 2.24) is 10.6 Å². The highest BCUT2D eigenvalue weighted by Crippen LogP contribution is 2.23. The van der Waals surface area contributed by atoms with Gasteiger partial charge in [-0.25, -0.2) is 4.99 Å². The lowest BCUT2D eigenvalue weighted by Crippen LogP contribution is -2.39. The number of amides is 1. The van der Waals surface area contributed by atoms with Crippen molar-refractivity contribution in [3.05, 3.63) is 71.8 Å². The maximum absolute atomic E-state index is 12.2. The molecule has 8 nitrogen and oxygen atoms in total. The molecule has 1 atom stereocenters. The Morgan fingerprint density at radius 2 is 2.17 bits per heavy atom. The van der Waals surface area contributed by atoms with Crippen LogP contribution in [0.2, 0.25) is 0 Å². The molecule has 0 saturated carbocycles. The van der Waals surface area contributed by atoms with Crippen LogP contribution in [0, 0.1) is 5.41 Å². The summed E-state index contributed by atoms with van der Waals surface area (Å²) in [4.78, 5) is 17.1. The third-order valence-electron chi connectivity index (χ3n) is 5.40. The zero-order valence-corrected chi connectivity index (χ0v) is 20.3. The topological polar surface area (TPSA) is 125 Å². The number of rotatable bonds is 10. The predicted molar refractivity (Wildman–Crippen MR) is 144 cm³/mol. The molecule has 0 radical (unpaired) electrons. The van der Waals surface area contributed by atoms with E-state index in [4.69, 9.17) is 20.9 Å². The Morgan fingerprint density at radius 3 is 2.89 bits per heavy atom. The first-order valence-corrected chi connectivity index (χ1v) is 11.8. The number of nitrogen functional groups attached to an aromatic ring is 1. The van der Waals surface area contributed by atoms with E-state index in [1.165, 1.54) is 6.21 Å². The van der Waals surface area contributed by atoms with Gasteiger partial charge in [0, 0.05) is 41.3 Å². The van der Waals surface area contributed by atoms with E-state index in [1.807, 2.05) is 61.5 Å². The molecule has 8 heteroatoms. The SMILES string of the molecule is C\C=C/C(=N/C(=C/CC)c1cccc(OCC(=O)NC2CCNC2)c1)Nc1ccc(N)c(C=N)c1. The largest absolute Gasteiger partial charge is 0.484 e. The third-order valence-corrected chi connectivity index (χ3v) is 5.40. The van der Waals surface area contributed by atoms with E-state index in [-0.39, 0.29) is 18.6 Å². The fourth-order valence-electron chi connectivity index (χ4n) is 3.68. The normalized spacial score (nSPS) is 16.3. The first-order valence-electron chi connectivity index (χ1n) is 11.8. The molecule has 35 heavy (non-hydrogen) atoms. The predicted octanol–water partition coefficient (Wildman–Crippen LogP) is 3.96. The van der Waals surface area contributed by atoms with Gasteiger partial charge in [-0.3, -0.25) is 4.79 Å². The molecule has 1 heterocycles. The van der Waals surface area contributed by atoms with Crippen LogP contribution < -0.4 is 26.4 Å². The van der Waals surface area contributed by atoms with Gasteiger partial charge in [-0.2, -0.15) is 0 Å². The highest BCUT2D eigenvalue weighted by atomic mass is 16.5. The van der Waals surface area contributed by atoms with Crippen molar-refractivity contribution < 1.29 is 9.53 Å². The highest BCUT2D eigenvalue weighted by molar-refractivity contribution is 6.06. The van der Waals surface area contributed by atoms with Crippen LogP contribution in [0.3, 0.4) is 0 Å². The molecule has 1 aliphatic rings. The van der Waals surface area contributed by atoms with Crippen LogP contribution in [0.1, 0.15) is 37.8 Å². The van der Waals surface area contributed by atoms with E-state index in [2.05, 4.69) is 22.9 Å². The van der Waals surface area contributed by atoms with E-state index in [0.29, 0.717) is 22.8 Å². The molecule has 0 spiro atoms. The summed E-state index contributed by atoms with van der Waals surface area (Å²) < 4.78 is 5.76. The molecule has 1 aliphatic heterocycles. The summed E-state index contributed by atoms with van der Waals surface area (Å²) in [6.07, 6.45) is 8.79. The van der Waals surface area contributed by atoms with E-state index < -0.39 is 0 Å². The fraction of sp³-hybridized carbons (Fsp3) is 0.296. The van der Waals surface area contributed by atoms with Crippen molar-refractivity contribution in [2.24, 2.45) is 4.99 Å². The average Bonchev–Trinajstić information content (AvgIpc) is 3.37. The molecule has 184 valence electrons. The summed E-state index contributed by atoms with van der Waals surface area (Å²) in [6.45, 7) is 5.66. The molecule has 1 unspecified atom stereocenters. The Balaban J connectivity index is 1.76. The Labute approximate surface area is 206 Å². The number of hydrogen-bond acceptors (Lipinski definition) is 6. The Bertz CT molecular complexity index is 1120. The minimum atomic E-state index is -0.126. The molecule has 3 rings (SSSR count). The van der Waals surface area contributed by atoms with Crippen molar-refractivity contribution in [3.8, 4) is 5.75 Å². The molecule has 6 N–H and O–H groups in total. The number of nitrogens with one attached hydrogen (secondary N) is 4. The molecule has 0 aliphatic carbocycles. The lowest BCUT2D eigenvalue weighted by atomic mass is 10.1. The number of anilines is 2. The van der Waals surface area contributed by atoms with Crippen molar-refractivity contribution in [2.75, 3.05) is 30.7 Å². The molecule has 0 aromatic heterocycles. The standard InChI is InChI=1S/C27H34N6O2/c1-3-6-25(33-26(7-4-2)31-21-10-11-24(29)20(14-21)16-28)19-8-5-9-23(15-19)35-18-27(34)32-22-12-13-30-17-22/h4-11,14-16,22,28,30H,3,12-13,17-18,29H2,1-2H3,(H,31,33)(H,32,34)/b7-4-,25-6+,28-16?. The molecular weight excluding hydrogens is 440 g/mol. The van der Waals surface area contributed by atoms with Crippen molar-refractivity contribution >= 4 is 35.0 Å². The van der Waals surface area contributed by atoms with Crippen LogP contribution in [0.5, 0.6) is 5.75 Å².